The Hall–Kier alpha value is -2.69. The van der Waals surface area contributed by atoms with E-state index in [1.54, 1.807) is 6.92 Å². The molecule has 2 heterocycles. The number of aliphatic hydroxyl groups excluding tert-OH is 4. The molecule has 9 nitrogen and oxygen atoms in total. The molecule has 4 N–H and O–H groups in total. The van der Waals surface area contributed by atoms with Crippen LogP contribution in [0.3, 0.4) is 0 Å². The van der Waals surface area contributed by atoms with Crippen molar-refractivity contribution >= 4 is 0 Å². The molecule has 7 atom stereocenters. The topological polar surface area (TPSA) is 131 Å². The second-order valence-electron chi connectivity index (χ2n) is 10.5. The number of hydrogen-bond acceptors (Lipinski definition) is 9. The summed E-state index contributed by atoms with van der Waals surface area (Å²) in [6.45, 7) is 13.3. The van der Waals surface area contributed by atoms with Gasteiger partial charge in [-0.1, -0.05) is 48.5 Å². The molecule has 1 fully saturated rings. The zero-order valence-electron chi connectivity index (χ0n) is 25.2. The SMILES string of the molecule is C/C=C(\C)C(O)C(C)/C=C(C)/C=C/C/C(C)=C/Cc1nc(OC)c(OC)c(O[C@@H]2O[C@@H](C)[C@H](O)[C@@H](O)[C@H]2O)c1C. The molecule has 1 aliphatic heterocycles. The molecule has 9 heteroatoms. The Morgan fingerprint density at radius 3 is 2.33 bits per heavy atom. The number of hydrogen-bond donors (Lipinski definition) is 4. The van der Waals surface area contributed by atoms with Crippen LogP contribution in [0.1, 0.15) is 59.2 Å². The van der Waals surface area contributed by atoms with Crippen molar-refractivity contribution in [1.82, 2.24) is 4.98 Å². The fraction of sp³-hybridized carbons (Fsp3) is 0.581. The molecule has 0 bridgehead atoms. The zero-order chi connectivity index (χ0) is 30.1. The summed E-state index contributed by atoms with van der Waals surface area (Å²) in [7, 11) is 2.93. The van der Waals surface area contributed by atoms with E-state index in [9.17, 15) is 20.4 Å². The summed E-state index contributed by atoms with van der Waals surface area (Å²) in [5, 5.41) is 41.0. The first kappa shape index (κ1) is 33.5. The Balaban J connectivity index is 2.20. The van der Waals surface area contributed by atoms with Gasteiger partial charge < -0.3 is 39.4 Å². The first-order valence-electron chi connectivity index (χ1n) is 13.6. The van der Waals surface area contributed by atoms with E-state index in [-0.39, 0.29) is 23.3 Å². The summed E-state index contributed by atoms with van der Waals surface area (Å²) in [4.78, 5) is 4.61. The van der Waals surface area contributed by atoms with Crippen LogP contribution >= 0.6 is 0 Å². The Morgan fingerprint density at radius 2 is 1.73 bits per heavy atom. The van der Waals surface area contributed by atoms with Gasteiger partial charge in [-0.25, -0.2) is 4.98 Å². The summed E-state index contributed by atoms with van der Waals surface area (Å²) < 4.78 is 22.6. The highest BCUT2D eigenvalue weighted by molar-refractivity contribution is 5.54. The van der Waals surface area contributed by atoms with Gasteiger partial charge in [-0.15, -0.1) is 0 Å². The van der Waals surface area contributed by atoms with Crippen molar-refractivity contribution in [3.05, 3.63) is 58.4 Å². The molecule has 0 saturated carbocycles. The van der Waals surface area contributed by atoms with Gasteiger partial charge in [0, 0.05) is 17.9 Å². The van der Waals surface area contributed by atoms with Crippen molar-refractivity contribution in [2.24, 2.45) is 5.92 Å². The molecular weight excluding hydrogens is 514 g/mol. The average Bonchev–Trinajstić information content (AvgIpc) is 2.93. The molecule has 0 spiro atoms. The van der Waals surface area contributed by atoms with E-state index in [4.69, 9.17) is 18.9 Å². The van der Waals surface area contributed by atoms with Crippen molar-refractivity contribution in [3.8, 4) is 17.4 Å². The molecule has 0 aliphatic carbocycles. The molecule has 224 valence electrons. The zero-order valence-corrected chi connectivity index (χ0v) is 25.2. The monoisotopic (exact) mass is 561 g/mol. The Morgan fingerprint density at radius 1 is 1.05 bits per heavy atom. The third kappa shape index (κ3) is 8.41. The number of pyridine rings is 1. The maximum Gasteiger partial charge on any atom is 0.261 e. The average molecular weight is 562 g/mol. The molecule has 0 aromatic carbocycles. The lowest BCUT2D eigenvalue weighted by molar-refractivity contribution is -0.268. The van der Waals surface area contributed by atoms with Gasteiger partial charge in [0.25, 0.3) is 5.88 Å². The molecule has 2 rings (SSSR count). The van der Waals surface area contributed by atoms with Crippen LogP contribution in [0.5, 0.6) is 17.4 Å². The number of aliphatic hydroxyl groups is 4. The van der Waals surface area contributed by atoms with Crippen LogP contribution in [0.25, 0.3) is 0 Å². The number of allylic oxidation sites excluding steroid dienone is 6. The van der Waals surface area contributed by atoms with Crippen LogP contribution < -0.4 is 14.2 Å². The van der Waals surface area contributed by atoms with E-state index in [1.807, 2.05) is 47.6 Å². The maximum absolute atomic E-state index is 10.5. The van der Waals surface area contributed by atoms with Gasteiger partial charge in [0.05, 0.1) is 32.1 Å². The molecule has 1 aliphatic rings. The first-order chi connectivity index (χ1) is 18.9. The lowest BCUT2D eigenvalue weighted by Gasteiger charge is -2.39. The predicted octanol–water partition coefficient (Wildman–Crippen LogP) is 3.96. The lowest BCUT2D eigenvalue weighted by atomic mass is 9.96. The summed E-state index contributed by atoms with van der Waals surface area (Å²) in [6, 6.07) is 0. The molecule has 1 saturated heterocycles. The van der Waals surface area contributed by atoms with Crippen LogP contribution in [0.2, 0.25) is 0 Å². The van der Waals surface area contributed by atoms with Gasteiger partial charge in [0.1, 0.15) is 18.3 Å². The van der Waals surface area contributed by atoms with Gasteiger partial charge in [0.2, 0.25) is 12.0 Å². The highest BCUT2D eigenvalue weighted by Crippen LogP contribution is 2.41. The van der Waals surface area contributed by atoms with Gasteiger partial charge >= 0.3 is 0 Å². The van der Waals surface area contributed by atoms with Crippen LogP contribution in [-0.4, -0.2) is 76.4 Å². The maximum atomic E-state index is 10.5. The Kier molecular flexibility index (Phi) is 12.9. The van der Waals surface area contributed by atoms with Crippen molar-refractivity contribution in [3.63, 3.8) is 0 Å². The van der Waals surface area contributed by atoms with Gasteiger partial charge in [0.15, 0.2) is 5.75 Å². The molecule has 1 aromatic rings. The summed E-state index contributed by atoms with van der Waals surface area (Å²) >= 11 is 0. The minimum Gasteiger partial charge on any atom is -0.489 e. The lowest BCUT2D eigenvalue weighted by Crippen LogP contribution is -2.58. The molecule has 0 amide bonds. The van der Waals surface area contributed by atoms with Crippen LogP contribution in [-0.2, 0) is 11.2 Å². The Bertz CT molecular complexity index is 1110. The van der Waals surface area contributed by atoms with E-state index in [1.165, 1.54) is 14.2 Å². The van der Waals surface area contributed by atoms with Crippen molar-refractivity contribution in [1.29, 1.82) is 0 Å². The van der Waals surface area contributed by atoms with E-state index < -0.39 is 36.8 Å². The number of ether oxygens (including phenoxy) is 4. The molecule has 40 heavy (non-hydrogen) atoms. The molecule has 0 radical (unpaired) electrons. The fourth-order valence-corrected chi connectivity index (χ4v) is 4.47. The summed E-state index contributed by atoms with van der Waals surface area (Å²) in [5.41, 5.74) is 4.54. The number of aromatic nitrogens is 1. The van der Waals surface area contributed by atoms with E-state index in [0.717, 1.165) is 23.1 Å². The van der Waals surface area contributed by atoms with E-state index in [2.05, 4.69) is 29.3 Å². The standard InChI is InChI=1S/C31H47NO8/c1-10-19(4)24(33)20(5)16-18(3)13-11-12-17(2)14-15-23-21(6)28(29(37-8)30(32-23)38-9)40-31-27(36)26(35)25(34)22(7)39-31/h10-11,13-14,16,20,22,24-27,31,33-36H,12,15H2,1-9H3/b13-11+,17-14+,18-16+,19-10+/t20?,22-,24?,25-,26+,27+,31-/m0/s1. The van der Waals surface area contributed by atoms with E-state index in [0.29, 0.717) is 17.7 Å². The van der Waals surface area contributed by atoms with Crippen molar-refractivity contribution in [2.45, 2.75) is 98.1 Å². The highest BCUT2D eigenvalue weighted by Gasteiger charge is 2.43. The summed E-state index contributed by atoms with van der Waals surface area (Å²) in [6.07, 6.45) is 4.85. The van der Waals surface area contributed by atoms with Crippen LogP contribution in [0.4, 0.5) is 0 Å². The molecule has 2 unspecified atom stereocenters. The Labute approximate surface area is 238 Å². The largest absolute Gasteiger partial charge is 0.489 e. The van der Waals surface area contributed by atoms with Crippen LogP contribution in [0.15, 0.2) is 47.1 Å². The molecule has 1 aromatic heterocycles. The van der Waals surface area contributed by atoms with E-state index >= 15 is 0 Å². The van der Waals surface area contributed by atoms with Crippen LogP contribution in [0, 0.1) is 12.8 Å². The minimum atomic E-state index is -1.47. The van der Waals surface area contributed by atoms with Gasteiger partial charge in [-0.3, -0.25) is 0 Å². The number of nitrogens with zero attached hydrogens (tertiary/aromatic N) is 1. The van der Waals surface area contributed by atoms with Gasteiger partial charge in [-0.05, 0) is 53.5 Å². The third-order valence-corrected chi connectivity index (χ3v) is 7.26. The van der Waals surface area contributed by atoms with Gasteiger partial charge in [-0.2, -0.15) is 0 Å². The molecular formula is C31H47NO8. The predicted molar refractivity (Wildman–Crippen MR) is 155 cm³/mol. The quantitative estimate of drug-likeness (QED) is 0.221. The van der Waals surface area contributed by atoms with Crippen molar-refractivity contribution in [2.75, 3.05) is 14.2 Å². The number of methoxy groups -OCH3 is 2. The van der Waals surface area contributed by atoms with Crippen molar-refractivity contribution < 1.29 is 39.4 Å². The first-order valence-corrected chi connectivity index (χ1v) is 13.6. The minimum absolute atomic E-state index is 0.0182. The fourth-order valence-electron chi connectivity index (χ4n) is 4.47. The summed E-state index contributed by atoms with van der Waals surface area (Å²) in [5.74, 6) is 0.751. The normalized spacial score (nSPS) is 26.1. The number of rotatable bonds is 12. The second-order valence-corrected chi connectivity index (χ2v) is 10.5. The third-order valence-electron chi connectivity index (χ3n) is 7.26. The second kappa shape index (κ2) is 15.3. The smallest absolute Gasteiger partial charge is 0.261 e. The highest BCUT2D eigenvalue weighted by atomic mass is 16.7.